The minimum atomic E-state index is -1.38. The van der Waals surface area contributed by atoms with E-state index in [0.717, 1.165) is 0 Å². The zero-order valence-electron chi connectivity index (χ0n) is 10.3. The number of rotatable bonds is 6. The Morgan fingerprint density at radius 2 is 2.11 bits per heavy atom. The second-order valence-electron chi connectivity index (χ2n) is 4.22. The zero-order valence-corrected chi connectivity index (χ0v) is 11.9. The predicted molar refractivity (Wildman–Crippen MR) is 69.5 cm³/mol. The fourth-order valence-electron chi connectivity index (χ4n) is 1.09. The molecule has 0 aliphatic heterocycles. The molecule has 1 aromatic heterocycles. The number of nitrogens with one attached hydrogen (secondary N) is 2. The molecule has 0 saturated carbocycles. The van der Waals surface area contributed by atoms with Gasteiger partial charge < -0.3 is 25.3 Å². The molecule has 8 heteroatoms. The van der Waals surface area contributed by atoms with E-state index in [9.17, 15) is 14.7 Å². The Bertz CT molecular complexity index is 458. The van der Waals surface area contributed by atoms with Crippen LogP contribution in [0.1, 0.15) is 17.5 Å². The van der Waals surface area contributed by atoms with Crippen molar-refractivity contribution in [3.63, 3.8) is 0 Å². The molecule has 7 nitrogen and oxygen atoms in total. The standard InChI is InChI=1S/C11H15BrN2O5/c1-11(18,6-15)5-14-9(16)4-13-10(17)7-2-3-8(12)19-7/h2-3,15,18H,4-6H2,1H3,(H,13,17)(H,14,16). The molecule has 1 aromatic rings. The lowest BCUT2D eigenvalue weighted by atomic mass is 10.1. The number of amides is 2. The van der Waals surface area contributed by atoms with Gasteiger partial charge in [0.15, 0.2) is 10.4 Å². The van der Waals surface area contributed by atoms with Gasteiger partial charge in [-0.2, -0.15) is 0 Å². The Morgan fingerprint density at radius 3 is 2.63 bits per heavy atom. The first kappa shape index (κ1) is 15.7. The number of hydrogen-bond acceptors (Lipinski definition) is 5. The zero-order chi connectivity index (χ0) is 14.5. The van der Waals surface area contributed by atoms with Crippen molar-refractivity contribution in [1.82, 2.24) is 10.6 Å². The largest absolute Gasteiger partial charge is 0.444 e. The summed E-state index contributed by atoms with van der Waals surface area (Å²) < 4.78 is 5.43. The van der Waals surface area contributed by atoms with Gasteiger partial charge >= 0.3 is 0 Å². The molecule has 0 spiro atoms. The molecule has 4 N–H and O–H groups in total. The van der Waals surface area contributed by atoms with Crippen molar-refractivity contribution in [3.8, 4) is 0 Å². The normalized spacial score (nSPS) is 13.7. The lowest BCUT2D eigenvalue weighted by molar-refractivity contribution is -0.121. The molecule has 0 aliphatic rings. The van der Waals surface area contributed by atoms with Gasteiger partial charge in [-0.25, -0.2) is 0 Å². The van der Waals surface area contributed by atoms with Gasteiger partial charge in [-0.05, 0) is 35.0 Å². The van der Waals surface area contributed by atoms with Crippen LogP contribution in [-0.4, -0.2) is 47.3 Å². The minimum absolute atomic E-state index is 0.0852. The molecule has 1 atom stereocenters. The van der Waals surface area contributed by atoms with E-state index < -0.39 is 24.0 Å². The van der Waals surface area contributed by atoms with Crippen molar-refractivity contribution in [2.24, 2.45) is 0 Å². The molecule has 1 unspecified atom stereocenters. The van der Waals surface area contributed by atoms with E-state index in [4.69, 9.17) is 9.52 Å². The highest BCUT2D eigenvalue weighted by atomic mass is 79.9. The maximum absolute atomic E-state index is 11.5. The first-order chi connectivity index (χ1) is 8.84. The van der Waals surface area contributed by atoms with E-state index in [-0.39, 0.29) is 18.8 Å². The number of aliphatic hydroxyl groups excluding tert-OH is 1. The molecule has 0 aromatic carbocycles. The third kappa shape index (κ3) is 5.41. The molecule has 1 rings (SSSR count). The Morgan fingerprint density at radius 1 is 1.42 bits per heavy atom. The molecule has 1 heterocycles. The predicted octanol–water partition coefficient (Wildman–Crippen LogP) is -0.369. The summed E-state index contributed by atoms with van der Waals surface area (Å²) in [5, 5.41) is 23.0. The van der Waals surface area contributed by atoms with Crippen molar-refractivity contribution in [2.45, 2.75) is 12.5 Å². The van der Waals surface area contributed by atoms with Crippen LogP contribution in [0.15, 0.2) is 21.2 Å². The van der Waals surface area contributed by atoms with E-state index >= 15 is 0 Å². The van der Waals surface area contributed by atoms with Gasteiger partial charge in [0, 0.05) is 6.54 Å². The van der Waals surface area contributed by atoms with Crippen LogP contribution in [0.3, 0.4) is 0 Å². The SMILES string of the molecule is CC(O)(CO)CNC(=O)CNC(=O)c1ccc(Br)o1. The Hall–Kier alpha value is -1.38. The summed E-state index contributed by atoms with van der Waals surface area (Å²) in [6, 6.07) is 3.03. The van der Waals surface area contributed by atoms with Crippen LogP contribution in [0.2, 0.25) is 0 Å². The van der Waals surface area contributed by atoms with Gasteiger partial charge in [-0.3, -0.25) is 9.59 Å². The topological polar surface area (TPSA) is 112 Å². The average molecular weight is 335 g/mol. The fourth-order valence-corrected chi connectivity index (χ4v) is 1.40. The Kier molecular flexibility index (Phi) is 5.52. The third-order valence-corrected chi connectivity index (χ3v) is 2.64. The Balaban J connectivity index is 2.33. The van der Waals surface area contributed by atoms with Crippen LogP contribution >= 0.6 is 15.9 Å². The van der Waals surface area contributed by atoms with Crippen molar-refractivity contribution < 1.29 is 24.2 Å². The first-order valence-corrected chi connectivity index (χ1v) is 6.27. The van der Waals surface area contributed by atoms with Gasteiger partial charge in [-0.15, -0.1) is 0 Å². The third-order valence-electron chi connectivity index (χ3n) is 2.21. The average Bonchev–Trinajstić information content (AvgIpc) is 2.80. The van der Waals surface area contributed by atoms with Crippen LogP contribution < -0.4 is 10.6 Å². The second-order valence-corrected chi connectivity index (χ2v) is 5.00. The maximum Gasteiger partial charge on any atom is 0.287 e. The molecule has 106 valence electrons. The first-order valence-electron chi connectivity index (χ1n) is 5.47. The van der Waals surface area contributed by atoms with Gasteiger partial charge in [-0.1, -0.05) is 0 Å². The summed E-state index contributed by atoms with van der Waals surface area (Å²) in [5.41, 5.74) is -1.38. The number of hydrogen-bond donors (Lipinski definition) is 4. The summed E-state index contributed by atoms with van der Waals surface area (Å²) in [6.07, 6.45) is 0. The summed E-state index contributed by atoms with van der Waals surface area (Å²) in [7, 11) is 0. The maximum atomic E-state index is 11.5. The Labute approximate surface area is 118 Å². The van der Waals surface area contributed by atoms with Crippen LogP contribution in [0.25, 0.3) is 0 Å². The summed E-state index contributed by atoms with van der Waals surface area (Å²) in [5.74, 6) is -0.913. The minimum Gasteiger partial charge on any atom is -0.444 e. The van der Waals surface area contributed by atoms with Crippen molar-refractivity contribution >= 4 is 27.7 Å². The van der Waals surface area contributed by atoms with E-state index in [1.165, 1.54) is 13.0 Å². The van der Waals surface area contributed by atoms with Crippen molar-refractivity contribution in [3.05, 3.63) is 22.6 Å². The quantitative estimate of drug-likeness (QED) is 0.567. The smallest absolute Gasteiger partial charge is 0.287 e. The summed E-state index contributed by atoms with van der Waals surface area (Å²) in [6.45, 7) is 0.551. The molecule has 0 radical (unpaired) electrons. The number of carbonyl (C=O) groups excluding carboxylic acids is 2. The second kappa shape index (κ2) is 6.69. The van der Waals surface area contributed by atoms with Gasteiger partial charge in [0.05, 0.1) is 13.2 Å². The van der Waals surface area contributed by atoms with Crippen LogP contribution in [0.5, 0.6) is 0 Å². The molecular formula is C11H15BrN2O5. The van der Waals surface area contributed by atoms with Gasteiger partial charge in [0.2, 0.25) is 5.91 Å². The molecule has 2 amide bonds. The van der Waals surface area contributed by atoms with E-state index in [0.29, 0.717) is 4.67 Å². The van der Waals surface area contributed by atoms with Crippen LogP contribution in [0, 0.1) is 0 Å². The molecule has 0 fully saturated rings. The highest BCUT2D eigenvalue weighted by Gasteiger charge is 2.20. The van der Waals surface area contributed by atoms with E-state index in [1.54, 1.807) is 6.07 Å². The van der Waals surface area contributed by atoms with Crippen molar-refractivity contribution in [2.75, 3.05) is 19.7 Å². The summed E-state index contributed by atoms with van der Waals surface area (Å²) in [4.78, 5) is 22.9. The number of aliphatic hydroxyl groups is 2. The monoisotopic (exact) mass is 334 g/mol. The van der Waals surface area contributed by atoms with Crippen LogP contribution in [-0.2, 0) is 4.79 Å². The molecule has 0 saturated heterocycles. The lowest BCUT2D eigenvalue weighted by Crippen LogP contribution is -2.46. The van der Waals surface area contributed by atoms with Gasteiger partial charge in [0.1, 0.15) is 5.60 Å². The number of halogens is 1. The number of carbonyl (C=O) groups is 2. The van der Waals surface area contributed by atoms with Gasteiger partial charge in [0.25, 0.3) is 5.91 Å². The molecule has 0 aliphatic carbocycles. The van der Waals surface area contributed by atoms with Crippen molar-refractivity contribution in [1.29, 1.82) is 0 Å². The van der Waals surface area contributed by atoms with E-state index in [2.05, 4.69) is 26.6 Å². The number of furan rings is 1. The van der Waals surface area contributed by atoms with Crippen LogP contribution in [0.4, 0.5) is 0 Å². The van der Waals surface area contributed by atoms with E-state index in [1.807, 2.05) is 0 Å². The molecular weight excluding hydrogens is 320 g/mol. The molecule has 0 bridgehead atoms. The summed E-state index contributed by atoms with van der Waals surface area (Å²) >= 11 is 3.06. The fraction of sp³-hybridized carbons (Fsp3) is 0.455. The highest BCUT2D eigenvalue weighted by Crippen LogP contribution is 2.13. The highest BCUT2D eigenvalue weighted by molar-refractivity contribution is 9.10. The molecule has 19 heavy (non-hydrogen) atoms. The lowest BCUT2D eigenvalue weighted by Gasteiger charge is -2.20.